The molecular formula is C22H16Cl2FN3O2S. The monoisotopic (exact) mass is 475 g/mol. The number of amides is 1. The topological polar surface area (TPSA) is 56.2 Å². The summed E-state index contributed by atoms with van der Waals surface area (Å²) in [5, 5.41) is 9.46. The largest absolute Gasteiger partial charge is 0.489 e. The molecule has 0 aliphatic carbocycles. The van der Waals surface area contributed by atoms with Crippen molar-refractivity contribution in [2.75, 3.05) is 5.32 Å². The first-order chi connectivity index (χ1) is 15.0. The fraction of sp³-hybridized carbons (Fsp3) is 0.0909. The Kier molecular flexibility index (Phi) is 6.56. The Bertz CT molecular complexity index is 1210. The normalized spacial score (nSPS) is 10.8. The van der Waals surface area contributed by atoms with Crippen molar-refractivity contribution in [1.29, 1.82) is 0 Å². The number of thiophene rings is 1. The highest BCUT2D eigenvalue weighted by atomic mass is 35.5. The van der Waals surface area contributed by atoms with Crippen LogP contribution in [0.2, 0.25) is 10.0 Å². The highest BCUT2D eigenvalue weighted by molar-refractivity contribution is 7.12. The van der Waals surface area contributed by atoms with Crippen LogP contribution in [-0.2, 0) is 13.2 Å². The predicted octanol–water partition coefficient (Wildman–Crippen LogP) is 6.27. The molecule has 0 aliphatic heterocycles. The average molecular weight is 476 g/mol. The Morgan fingerprint density at radius 1 is 1.13 bits per heavy atom. The number of aromatic nitrogens is 2. The van der Waals surface area contributed by atoms with E-state index in [1.165, 1.54) is 28.2 Å². The van der Waals surface area contributed by atoms with E-state index in [-0.39, 0.29) is 23.3 Å². The van der Waals surface area contributed by atoms with Gasteiger partial charge in [-0.1, -0.05) is 47.5 Å². The molecule has 0 atom stereocenters. The second-order valence-corrected chi connectivity index (χ2v) is 8.36. The SMILES string of the molecule is O=C(Nc1nn(Cc2ccc(F)cc2Cl)cc1Cl)c1cc(COc2ccccc2)cs1. The molecule has 158 valence electrons. The van der Waals surface area contributed by atoms with Crippen molar-refractivity contribution in [3.63, 3.8) is 0 Å². The molecule has 4 aromatic rings. The predicted molar refractivity (Wildman–Crippen MR) is 121 cm³/mol. The van der Waals surface area contributed by atoms with Crippen molar-refractivity contribution in [3.05, 3.63) is 98.0 Å². The van der Waals surface area contributed by atoms with Crippen LogP contribution in [-0.4, -0.2) is 15.7 Å². The van der Waals surface area contributed by atoms with Gasteiger partial charge in [0.25, 0.3) is 5.91 Å². The number of halogens is 3. The molecule has 0 spiro atoms. The maximum absolute atomic E-state index is 13.2. The number of anilines is 1. The van der Waals surface area contributed by atoms with Crippen molar-refractivity contribution < 1.29 is 13.9 Å². The van der Waals surface area contributed by atoms with Gasteiger partial charge in [0.2, 0.25) is 0 Å². The van der Waals surface area contributed by atoms with E-state index in [1.54, 1.807) is 18.3 Å². The van der Waals surface area contributed by atoms with Gasteiger partial charge in [-0.15, -0.1) is 11.3 Å². The molecule has 0 saturated heterocycles. The Balaban J connectivity index is 1.39. The van der Waals surface area contributed by atoms with Gasteiger partial charge in [-0.05, 0) is 41.3 Å². The third kappa shape index (κ3) is 5.44. The molecule has 1 amide bonds. The minimum absolute atomic E-state index is 0.236. The summed E-state index contributed by atoms with van der Waals surface area (Å²) in [6.07, 6.45) is 1.57. The molecule has 2 aromatic heterocycles. The van der Waals surface area contributed by atoms with Gasteiger partial charge in [-0.3, -0.25) is 9.48 Å². The van der Waals surface area contributed by atoms with Crippen LogP contribution in [0, 0.1) is 5.82 Å². The first-order valence-electron chi connectivity index (χ1n) is 9.21. The van der Waals surface area contributed by atoms with Crippen LogP contribution in [0.4, 0.5) is 10.2 Å². The van der Waals surface area contributed by atoms with Crippen LogP contribution in [0.15, 0.2) is 66.2 Å². The average Bonchev–Trinajstić information content (AvgIpc) is 3.36. The Labute approximate surface area is 192 Å². The fourth-order valence-electron chi connectivity index (χ4n) is 2.81. The molecule has 31 heavy (non-hydrogen) atoms. The summed E-state index contributed by atoms with van der Waals surface area (Å²) in [4.78, 5) is 13.1. The molecule has 0 unspecified atom stereocenters. The Morgan fingerprint density at radius 2 is 1.94 bits per heavy atom. The molecule has 2 heterocycles. The minimum atomic E-state index is -0.412. The van der Waals surface area contributed by atoms with Crippen LogP contribution >= 0.6 is 34.5 Å². The van der Waals surface area contributed by atoms with Crippen LogP contribution < -0.4 is 10.1 Å². The molecule has 0 radical (unpaired) electrons. The second kappa shape index (κ2) is 9.51. The van der Waals surface area contributed by atoms with Crippen molar-refractivity contribution in [3.8, 4) is 5.75 Å². The zero-order chi connectivity index (χ0) is 21.8. The van der Waals surface area contributed by atoms with Gasteiger partial charge in [0.15, 0.2) is 5.82 Å². The zero-order valence-electron chi connectivity index (χ0n) is 16.0. The number of hydrogen-bond donors (Lipinski definition) is 1. The summed E-state index contributed by atoms with van der Waals surface area (Å²) in [5.74, 6) is 0.270. The molecule has 0 aliphatic rings. The highest BCUT2D eigenvalue weighted by Gasteiger charge is 2.15. The van der Waals surface area contributed by atoms with Crippen molar-refractivity contribution >= 4 is 46.3 Å². The lowest BCUT2D eigenvalue weighted by atomic mass is 10.2. The lowest BCUT2D eigenvalue weighted by Gasteiger charge is -2.05. The molecule has 5 nitrogen and oxygen atoms in total. The highest BCUT2D eigenvalue weighted by Crippen LogP contribution is 2.24. The second-order valence-electron chi connectivity index (χ2n) is 6.63. The van der Waals surface area contributed by atoms with Gasteiger partial charge in [0, 0.05) is 16.8 Å². The summed E-state index contributed by atoms with van der Waals surface area (Å²) in [6, 6.07) is 15.4. The standard InChI is InChI=1S/C22H16Cl2FN3O2S/c23-18-9-16(25)7-6-15(18)10-28-11-19(24)21(27-28)26-22(29)20-8-14(13-31-20)12-30-17-4-2-1-3-5-17/h1-9,11,13H,10,12H2,(H,26,27,29). The summed E-state index contributed by atoms with van der Waals surface area (Å²) < 4.78 is 20.4. The zero-order valence-corrected chi connectivity index (χ0v) is 18.3. The molecule has 0 fully saturated rings. The van der Waals surface area contributed by atoms with Gasteiger partial charge < -0.3 is 10.1 Å². The van der Waals surface area contributed by atoms with Gasteiger partial charge in [0.1, 0.15) is 23.2 Å². The number of ether oxygens (including phenoxy) is 1. The van der Waals surface area contributed by atoms with Crippen LogP contribution in [0.3, 0.4) is 0 Å². The van der Waals surface area contributed by atoms with E-state index in [0.717, 1.165) is 11.3 Å². The molecule has 4 rings (SSSR count). The first kappa shape index (κ1) is 21.4. The van der Waals surface area contributed by atoms with Crippen LogP contribution in [0.5, 0.6) is 5.75 Å². The summed E-state index contributed by atoms with van der Waals surface area (Å²) in [5.41, 5.74) is 1.57. The van der Waals surface area contributed by atoms with Crippen molar-refractivity contribution in [1.82, 2.24) is 9.78 Å². The molecule has 2 aromatic carbocycles. The van der Waals surface area contributed by atoms with Crippen LogP contribution in [0.25, 0.3) is 0 Å². The number of carbonyl (C=O) groups is 1. The Morgan fingerprint density at radius 3 is 2.71 bits per heavy atom. The van der Waals surface area contributed by atoms with E-state index in [1.807, 2.05) is 35.7 Å². The van der Waals surface area contributed by atoms with Crippen molar-refractivity contribution in [2.24, 2.45) is 0 Å². The number of nitrogens with zero attached hydrogens (tertiary/aromatic N) is 2. The number of nitrogens with one attached hydrogen (secondary N) is 1. The third-order valence-corrected chi connectivity index (χ3v) is 5.93. The lowest BCUT2D eigenvalue weighted by molar-refractivity contribution is 0.103. The molecule has 0 bridgehead atoms. The number of hydrogen-bond acceptors (Lipinski definition) is 4. The van der Waals surface area contributed by atoms with E-state index in [4.69, 9.17) is 27.9 Å². The van der Waals surface area contributed by atoms with Gasteiger partial charge in [0.05, 0.1) is 11.4 Å². The molecule has 0 saturated carbocycles. The summed E-state index contributed by atoms with van der Waals surface area (Å²) in [6.45, 7) is 0.649. The Hall–Kier alpha value is -2.87. The molecule has 1 N–H and O–H groups in total. The quantitative estimate of drug-likeness (QED) is 0.342. The minimum Gasteiger partial charge on any atom is -0.489 e. The fourth-order valence-corrected chi connectivity index (χ4v) is 4.03. The summed E-state index contributed by atoms with van der Waals surface area (Å²) >= 11 is 13.6. The van der Waals surface area contributed by atoms with E-state index in [9.17, 15) is 9.18 Å². The lowest BCUT2D eigenvalue weighted by Crippen LogP contribution is -2.12. The number of para-hydroxylation sites is 1. The molecular weight excluding hydrogens is 460 g/mol. The number of benzene rings is 2. The summed E-state index contributed by atoms with van der Waals surface area (Å²) in [7, 11) is 0. The first-order valence-corrected chi connectivity index (χ1v) is 10.8. The van der Waals surface area contributed by atoms with Gasteiger partial charge in [-0.25, -0.2) is 4.39 Å². The van der Waals surface area contributed by atoms with Gasteiger partial charge >= 0.3 is 0 Å². The van der Waals surface area contributed by atoms with Crippen molar-refractivity contribution in [2.45, 2.75) is 13.2 Å². The maximum Gasteiger partial charge on any atom is 0.266 e. The van der Waals surface area contributed by atoms with Crippen LogP contribution in [0.1, 0.15) is 20.8 Å². The molecule has 9 heteroatoms. The number of rotatable bonds is 7. The number of carbonyl (C=O) groups excluding carboxylic acids is 1. The third-order valence-electron chi connectivity index (χ3n) is 4.32. The van der Waals surface area contributed by atoms with E-state index in [0.29, 0.717) is 22.1 Å². The smallest absolute Gasteiger partial charge is 0.266 e. The van der Waals surface area contributed by atoms with E-state index < -0.39 is 5.82 Å². The maximum atomic E-state index is 13.2. The van der Waals surface area contributed by atoms with E-state index in [2.05, 4.69) is 10.4 Å². The van der Waals surface area contributed by atoms with Gasteiger partial charge in [-0.2, -0.15) is 5.10 Å². The van der Waals surface area contributed by atoms with E-state index >= 15 is 0 Å².